The van der Waals surface area contributed by atoms with E-state index in [4.69, 9.17) is 4.74 Å². The number of Topliss-reactive ketones (excluding diaryl/α,β-unsaturated/α-hetero) is 1. The minimum atomic E-state index is -0.393. The van der Waals surface area contributed by atoms with Gasteiger partial charge in [0.15, 0.2) is 5.78 Å². The standard InChI is InChI=1S/C33H32N2O3/c1-38-33(37)32(27-12-6-3-7-13-27)35-22-20-34(21-23-35)28-18-16-25(17-19-28)24-31(36)30-15-9-8-14-29(30)26-10-4-2-5-11-26/h2-19,32H,20-24H2,1H3. The van der Waals surface area contributed by atoms with Gasteiger partial charge in [-0.1, -0.05) is 97.1 Å². The number of esters is 1. The molecule has 192 valence electrons. The van der Waals surface area contributed by atoms with Gasteiger partial charge in [0.25, 0.3) is 0 Å². The van der Waals surface area contributed by atoms with Crippen LogP contribution in [0.5, 0.6) is 0 Å². The Bertz CT molecular complexity index is 1360. The van der Waals surface area contributed by atoms with Crippen LogP contribution < -0.4 is 4.90 Å². The summed E-state index contributed by atoms with van der Waals surface area (Å²) in [5, 5.41) is 0. The summed E-state index contributed by atoms with van der Waals surface area (Å²) in [7, 11) is 1.45. The molecule has 0 saturated carbocycles. The first-order chi connectivity index (χ1) is 18.6. The largest absolute Gasteiger partial charge is 0.468 e. The Balaban J connectivity index is 1.23. The molecular weight excluding hydrogens is 472 g/mol. The number of carbonyl (C=O) groups is 2. The second-order valence-corrected chi connectivity index (χ2v) is 9.54. The van der Waals surface area contributed by atoms with Gasteiger partial charge in [0.05, 0.1) is 7.11 Å². The van der Waals surface area contributed by atoms with Crippen molar-refractivity contribution in [3.63, 3.8) is 0 Å². The maximum Gasteiger partial charge on any atom is 0.327 e. The van der Waals surface area contributed by atoms with E-state index in [1.165, 1.54) is 7.11 Å². The predicted octanol–water partition coefficient (Wildman–Crippen LogP) is 5.82. The van der Waals surface area contributed by atoms with Crippen LogP contribution in [0.1, 0.15) is 27.5 Å². The van der Waals surface area contributed by atoms with Crippen molar-refractivity contribution in [2.75, 3.05) is 38.2 Å². The molecule has 0 spiro atoms. The van der Waals surface area contributed by atoms with E-state index in [2.05, 4.69) is 21.9 Å². The zero-order valence-corrected chi connectivity index (χ0v) is 21.6. The summed E-state index contributed by atoms with van der Waals surface area (Å²) in [5.41, 5.74) is 5.84. The molecule has 0 aromatic heterocycles. The minimum absolute atomic E-state index is 0.112. The van der Waals surface area contributed by atoms with Crippen LogP contribution in [0.15, 0.2) is 109 Å². The summed E-state index contributed by atoms with van der Waals surface area (Å²) in [6.45, 7) is 3.13. The fraction of sp³-hybridized carbons (Fsp3) is 0.212. The maximum atomic E-state index is 13.2. The fourth-order valence-electron chi connectivity index (χ4n) is 5.18. The number of carbonyl (C=O) groups excluding carboxylic acids is 2. The van der Waals surface area contributed by atoms with Crippen LogP contribution in [0.25, 0.3) is 11.1 Å². The normalized spacial score (nSPS) is 14.6. The first-order valence-corrected chi connectivity index (χ1v) is 13.0. The van der Waals surface area contributed by atoms with Gasteiger partial charge >= 0.3 is 5.97 Å². The first-order valence-electron chi connectivity index (χ1n) is 13.0. The Morgan fingerprint density at radius 1 is 0.737 bits per heavy atom. The number of ketones is 1. The van der Waals surface area contributed by atoms with E-state index in [9.17, 15) is 9.59 Å². The molecule has 0 aliphatic carbocycles. The Hall–Kier alpha value is -4.22. The highest BCUT2D eigenvalue weighted by Crippen LogP contribution is 2.27. The molecule has 5 rings (SSSR count). The molecule has 1 aliphatic rings. The number of hydrogen-bond acceptors (Lipinski definition) is 5. The number of methoxy groups -OCH3 is 1. The molecule has 4 aromatic rings. The molecule has 4 aromatic carbocycles. The number of rotatable bonds is 8. The average molecular weight is 505 g/mol. The van der Waals surface area contributed by atoms with Crippen molar-refractivity contribution in [2.45, 2.75) is 12.5 Å². The van der Waals surface area contributed by atoms with E-state index in [1.54, 1.807) is 0 Å². The van der Waals surface area contributed by atoms with Gasteiger partial charge < -0.3 is 9.64 Å². The van der Waals surface area contributed by atoms with E-state index >= 15 is 0 Å². The van der Waals surface area contributed by atoms with Gasteiger partial charge in [0.2, 0.25) is 0 Å². The van der Waals surface area contributed by atoms with Crippen LogP contribution in [-0.2, 0) is 16.0 Å². The predicted molar refractivity (Wildman–Crippen MR) is 151 cm³/mol. The molecule has 0 bridgehead atoms. The monoisotopic (exact) mass is 504 g/mol. The molecule has 0 radical (unpaired) electrons. The Morgan fingerprint density at radius 2 is 1.34 bits per heavy atom. The van der Waals surface area contributed by atoms with Crippen LogP contribution in [0.4, 0.5) is 5.69 Å². The van der Waals surface area contributed by atoms with Crippen molar-refractivity contribution < 1.29 is 14.3 Å². The van der Waals surface area contributed by atoms with Crippen molar-refractivity contribution in [2.24, 2.45) is 0 Å². The molecule has 0 amide bonds. The SMILES string of the molecule is COC(=O)C(c1ccccc1)N1CCN(c2ccc(CC(=O)c3ccccc3-c3ccccc3)cc2)CC1. The van der Waals surface area contributed by atoms with Crippen LogP contribution in [0.2, 0.25) is 0 Å². The van der Waals surface area contributed by atoms with Crippen molar-refractivity contribution in [3.05, 3.63) is 126 Å². The summed E-state index contributed by atoms with van der Waals surface area (Å²) in [4.78, 5) is 30.3. The smallest absolute Gasteiger partial charge is 0.327 e. The Kier molecular flexibility index (Phi) is 7.95. The van der Waals surface area contributed by atoms with Gasteiger partial charge in [0, 0.05) is 43.9 Å². The molecule has 1 aliphatic heterocycles. The second kappa shape index (κ2) is 11.9. The number of ether oxygens (including phenoxy) is 1. The molecule has 5 nitrogen and oxygen atoms in total. The van der Waals surface area contributed by atoms with Gasteiger partial charge in [-0.15, -0.1) is 0 Å². The lowest BCUT2D eigenvalue weighted by atomic mass is 9.94. The van der Waals surface area contributed by atoms with E-state index in [0.29, 0.717) is 6.42 Å². The molecular formula is C33H32N2O3. The Morgan fingerprint density at radius 3 is 2.00 bits per heavy atom. The zero-order valence-electron chi connectivity index (χ0n) is 21.6. The lowest BCUT2D eigenvalue weighted by molar-refractivity contribution is -0.147. The third-order valence-electron chi connectivity index (χ3n) is 7.20. The summed E-state index contributed by atoms with van der Waals surface area (Å²) < 4.78 is 5.12. The summed E-state index contributed by atoms with van der Waals surface area (Å²) >= 11 is 0. The van der Waals surface area contributed by atoms with Crippen LogP contribution in [0.3, 0.4) is 0 Å². The molecule has 1 heterocycles. The van der Waals surface area contributed by atoms with E-state index < -0.39 is 6.04 Å². The molecule has 38 heavy (non-hydrogen) atoms. The lowest BCUT2D eigenvalue weighted by Gasteiger charge is -2.39. The van der Waals surface area contributed by atoms with Gasteiger partial charge in [0.1, 0.15) is 6.04 Å². The van der Waals surface area contributed by atoms with Crippen LogP contribution in [0, 0.1) is 0 Å². The molecule has 5 heteroatoms. The van der Waals surface area contributed by atoms with Gasteiger partial charge in [-0.3, -0.25) is 9.69 Å². The highest BCUT2D eigenvalue weighted by molar-refractivity contribution is 6.03. The molecule has 1 unspecified atom stereocenters. The van der Waals surface area contributed by atoms with Gasteiger partial charge in [-0.25, -0.2) is 4.79 Å². The molecule has 1 saturated heterocycles. The summed E-state index contributed by atoms with van der Waals surface area (Å²) in [6, 6.07) is 35.6. The van der Waals surface area contributed by atoms with Crippen LogP contribution >= 0.6 is 0 Å². The van der Waals surface area contributed by atoms with Crippen molar-refractivity contribution in [1.82, 2.24) is 4.90 Å². The summed E-state index contributed by atoms with van der Waals surface area (Å²) in [5.74, 6) is -0.118. The van der Waals surface area contributed by atoms with Crippen molar-refractivity contribution in [1.29, 1.82) is 0 Å². The zero-order chi connectivity index (χ0) is 26.3. The number of hydrogen-bond donors (Lipinski definition) is 0. The molecule has 1 fully saturated rings. The number of benzene rings is 4. The third kappa shape index (κ3) is 5.68. The highest BCUT2D eigenvalue weighted by Gasteiger charge is 2.31. The molecule has 0 N–H and O–H groups in total. The second-order valence-electron chi connectivity index (χ2n) is 9.54. The van der Waals surface area contributed by atoms with E-state index in [1.807, 2.05) is 97.1 Å². The first kappa shape index (κ1) is 25.4. The fourth-order valence-corrected chi connectivity index (χ4v) is 5.18. The maximum absolute atomic E-state index is 13.2. The number of nitrogens with zero attached hydrogens (tertiary/aromatic N) is 2. The van der Waals surface area contributed by atoms with Gasteiger partial charge in [-0.2, -0.15) is 0 Å². The lowest BCUT2D eigenvalue weighted by Crippen LogP contribution is -2.49. The third-order valence-corrected chi connectivity index (χ3v) is 7.20. The van der Waals surface area contributed by atoms with E-state index in [-0.39, 0.29) is 11.8 Å². The van der Waals surface area contributed by atoms with Crippen LogP contribution in [-0.4, -0.2) is 49.9 Å². The topological polar surface area (TPSA) is 49.9 Å². The molecule has 1 atom stereocenters. The summed E-state index contributed by atoms with van der Waals surface area (Å²) in [6.07, 6.45) is 0.357. The quantitative estimate of drug-likeness (QED) is 0.224. The van der Waals surface area contributed by atoms with Crippen molar-refractivity contribution in [3.8, 4) is 11.1 Å². The average Bonchev–Trinajstić information content (AvgIpc) is 2.99. The van der Waals surface area contributed by atoms with Crippen molar-refractivity contribution >= 4 is 17.4 Å². The van der Waals surface area contributed by atoms with Gasteiger partial charge in [-0.05, 0) is 34.4 Å². The van der Waals surface area contributed by atoms with E-state index in [0.717, 1.165) is 59.7 Å². The minimum Gasteiger partial charge on any atom is -0.468 e. The Labute approximate surface area is 224 Å². The number of piperazine rings is 1. The number of anilines is 1. The highest BCUT2D eigenvalue weighted by atomic mass is 16.5.